The Morgan fingerprint density at radius 2 is 1.97 bits per heavy atom. The number of aromatic amines is 1. The second kappa shape index (κ2) is 7.80. The molecule has 0 radical (unpaired) electrons. The van der Waals surface area contributed by atoms with E-state index in [1.54, 1.807) is 30.3 Å². The standard InChI is InChI=1S/C24H23FN4O3/c25-17-4-7-21-16(10-17)11-19(22(30)28-21)20(26)12-27-18-5-2-15(3-6-18)23(31)29-9-1-8-24(29)13-32-14-24/h2-7,10-12,27H,1,8-9,13-14,26H2,(H,28,30)/b20-12-. The number of nitrogens with zero attached hydrogens (tertiary/aromatic N) is 1. The minimum Gasteiger partial charge on any atom is -0.397 e. The molecule has 2 saturated heterocycles. The zero-order valence-electron chi connectivity index (χ0n) is 17.4. The molecule has 3 heterocycles. The number of H-pyrrole nitrogens is 1. The van der Waals surface area contributed by atoms with Crippen LogP contribution in [0.4, 0.5) is 10.1 Å². The first-order chi connectivity index (χ1) is 15.4. The van der Waals surface area contributed by atoms with Crippen LogP contribution < -0.4 is 16.6 Å². The zero-order valence-corrected chi connectivity index (χ0v) is 17.4. The number of anilines is 1. The highest BCUT2D eigenvalue weighted by atomic mass is 19.1. The molecule has 1 spiro atoms. The third kappa shape index (κ3) is 3.52. The Morgan fingerprint density at radius 1 is 1.19 bits per heavy atom. The largest absolute Gasteiger partial charge is 0.397 e. The summed E-state index contributed by atoms with van der Waals surface area (Å²) in [6, 6.07) is 12.8. The molecular formula is C24H23FN4O3. The molecule has 2 aliphatic heterocycles. The zero-order chi connectivity index (χ0) is 22.3. The number of halogens is 1. The van der Waals surface area contributed by atoms with E-state index in [1.807, 2.05) is 4.90 Å². The first-order valence-electron chi connectivity index (χ1n) is 10.5. The topological polar surface area (TPSA) is 100 Å². The predicted octanol–water partition coefficient (Wildman–Crippen LogP) is 3.04. The molecule has 0 atom stereocenters. The smallest absolute Gasteiger partial charge is 0.257 e. The van der Waals surface area contributed by atoms with Gasteiger partial charge in [-0.05, 0) is 61.4 Å². The summed E-state index contributed by atoms with van der Waals surface area (Å²) in [5, 5.41) is 3.60. The van der Waals surface area contributed by atoms with Crippen LogP contribution in [0.5, 0.6) is 0 Å². The van der Waals surface area contributed by atoms with Crippen molar-refractivity contribution in [2.75, 3.05) is 25.1 Å². The number of carbonyl (C=O) groups is 1. The van der Waals surface area contributed by atoms with Crippen molar-refractivity contribution < 1.29 is 13.9 Å². The fourth-order valence-corrected chi connectivity index (χ4v) is 4.39. The molecule has 0 unspecified atom stereocenters. The summed E-state index contributed by atoms with van der Waals surface area (Å²) in [5.41, 5.74) is 7.94. The van der Waals surface area contributed by atoms with E-state index in [4.69, 9.17) is 10.5 Å². The first kappa shape index (κ1) is 20.3. The van der Waals surface area contributed by atoms with E-state index in [1.165, 1.54) is 24.4 Å². The second-order valence-electron chi connectivity index (χ2n) is 8.34. The van der Waals surface area contributed by atoms with Crippen LogP contribution in [0.25, 0.3) is 16.6 Å². The van der Waals surface area contributed by atoms with Crippen molar-refractivity contribution in [3.05, 3.63) is 82.0 Å². The third-order valence-electron chi connectivity index (χ3n) is 6.23. The van der Waals surface area contributed by atoms with Gasteiger partial charge in [-0.25, -0.2) is 4.39 Å². The van der Waals surface area contributed by atoms with E-state index < -0.39 is 5.82 Å². The van der Waals surface area contributed by atoms with Gasteiger partial charge in [-0.3, -0.25) is 9.59 Å². The van der Waals surface area contributed by atoms with E-state index in [-0.39, 0.29) is 28.3 Å². The van der Waals surface area contributed by atoms with Gasteiger partial charge in [-0.1, -0.05) is 0 Å². The van der Waals surface area contributed by atoms with E-state index in [9.17, 15) is 14.0 Å². The Kier molecular flexibility index (Phi) is 4.94. The van der Waals surface area contributed by atoms with Crippen molar-refractivity contribution in [3.63, 3.8) is 0 Å². The molecule has 7 nitrogen and oxygen atoms in total. The number of likely N-dealkylation sites (tertiary alicyclic amines) is 1. The highest BCUT2D eigenvalue weighted by molar-refractivity contribution is 5.95. The molecule has 2 aromatic carbocycles. The van der Waals surface area contributed by atoms with Gasteiger partial charge >= 0.3 is 0 Å². The van der Waals surface area contributed by atoms with Gasteiger partial charge in [0.2, 0.25) is 0 Å². The van der Waals surface area contributed by atoms with Crippen LogP contribution in [-0.4, -0.2) is 41.1 Å². The van der Waals surface area contributed by atoms with Gasteiger partial charge in [0, 0.05) is 34.9 Å². The fraction of sp³-hybridized carbons (Fsp3) is 0.250. The summed E-state index contributed by atoms with van der Waals surface area (Å²) in [5.74, 6) is -0.377. The van der Waals surface area contributed by atoms with E-state index in [2.05, 4.69) is 10.3 Å². The van der Waals surface area contributed by atoms with Gasteiger partial charge in [0.15, 0.2) is 0 Å². The number of rotatable bonds is 4. The van der Waals surface area contributed by atoms with Gasteiger partial charge < -0.3 is 25.7 Å². The van der Waals surface area contributed by atoms with Gasteiger partial charge in [0.1, 0.15) is 5.82 Å². The number of nitrogens with two attached hydrogens (primary N) is 1. The van der Waals surface area contributed by atoms with Crippen molar-refractivity contribution in [2.45, 2.75) is 18.4 Å². The molecule has 8 heteroatoms. The van der Waals surface area contributed by atoms with E-state index >= 15 is 0 Å². The number of amides is 1. The Balaban J connectivity index is 1.31. The van der Waals surface area contributed by atoms with Gasteiger partial charge in [0.05, 0.1) is 30.0 Å². The van der Waals surface area contributed by atoms with Crippen molar-refractivity contribution in [2.24, 2.45) is 5.73 Å². The minimum absolute atomic E-state index is 0.0161. The highest BCUT2D eigenvalue weighted by Crippen LogP contribution is 2.36. The maximum Gasteiger partial charge on any atom is 0.257 e. The van der Waals surface area contributed by atoms with Gasteiger partial charge in [-0.2, -0.15) is 0 Å². The van der Waals surface area contributed by atoms with Crippen molar-refractivity contribution in [1.29, 1.82) is 0 Å². The monoisotopic (exact) mass is 434 g/mol. The molecule has 5 rings (SSSR count). The maximum atomic E-state index is 13.5. The average Bonchev–Trinajstić information content (AvgIpc) is 3.23. The number of fused-ring (bicyclic) bond motifs is 1. The third-order valence-corrected chi connectivity index (χ3v) is 6.23. The lowest BCUT2D eigenvalue weighted by atomic mass is 9.93. The van der Waals surface area contributed by atoms with Crippen molar-refractivity contribution in [3.8, 4) is 0 Å². The molecule has 3 aromatic rings. The molecule has 1 amide bonds. The highest BCUT2D eigenvalue weighted by Gasteiger charge is 2.49. The molecule has 0 bridgehead atoms. The maximum absolute atomic E-state index is 13.5. The SMILES string of the molecule is N/C(=C\Nc1ccc(C(=O)N2CCCC23COC3)cc1)c1cc2cc(F)ccc2[nH]c1=O. The van der Waals surface area contributed by atoms with Crippen LogP contribution in [0.2, 0.25) is 0 Å². The molecule has 1 aromatic heterocycles. The Labute approximate surface area is 183 Å². The predicted molar refractivity (Wildman–Crippen MR) is 121 cm³/mol. The molecule has 0 saturated carbocycles. The van der Waals surface area contributed by atoms with Crippen LogP contribution in [0, 0.1) is 5.82 Å². The van der Waals surface area contributed by atoms with E-state index in [0.29, 0.717) is 29.7 Å². The van der Waals surface area contributed by atoms with Crippen molar-refractivity contribution >= 4 is 28.2 Å². The molecule has 164 valence electrons. The number of ether oxygens (including phenoxy) is 1. The number of hydrogen-bond acceptors (Lipinski definition) is 5. The Bertz CT molecular complexity index is 1280. The Morgan fingerprint density at radius 3 is 2.69 bits per heavy atom. The first-order valence-corrected chi connectivity index (χ1v) is 10.5. The summed E-state index contributed by atoms with van der Waals surface area (Å²) in [6.45, 7) is 1.98. The van der Waals surface area contributed by atoms with Crippen LogP contribution in [0.3, 0.4) is 0 Å². The number of aromatic nitrogens is 1. The molecule has 32 heavy (non-hydrogen) atoms. The molecule has 0 aliphatic carbocycles. The summed E-state index contributed by atoms with van der Waals surface area (Å²) < 4.78 is 18.9. The average molecular weight is 434 g/mol. The van der Waals surface area contributed by atoms with Crippen molar-refractivity contribution in [1.82, 2.24) is 9.88 Å². The summed E-state index contributed by atoms with van der Waals surface area (Å²) in [6.07, 6.45) is 3.50. The number of pyridine rings is 1. The molecule has 2 fully saturated rings. The lowest BCUT2D eigenvalue weighted by molar-refractivity contribution is -0.109. The quantitative estimate of drug-likeness (QED) is 0.586. The van der Waals surface area contributed by atoms with Crippen LogP contribution in [-0.2, 0) is 4.74 Å². The molecule has 4 N–H and O–H groups in total. The van der Waals surface area contributed by atoms with Gasteiger partial charge in [-0.15, -0.1) is 0 Å². The summed E-state index contributed by atoms with van der Waals surface area (Å²) in [4.78, 5) is 29.9. The number of benzene rings is 2. The molecular weight excluding hydrogens is 411 g/mol. The number of hydrogen-bond donors (Lipinski definition) is 3. The molecule has 2 aliphatic rings. The van der Waals surface area contributed by atoms with Gasteiger partial charge in [0.25, 0.3) is 11.5 Å². The number of carbonyl (C=O) groups excluding carboxylic acids is 1. The van der Waals surface area contributed by atoms with Crippen LogP contribution >= 0.6 is 0 Å². The summed E-state index contributed by atoms with van der Waals surface area (Å²) >= 11 is 0. The normalized spacial score (nSPS) is 17.5. The lowest BCUT2D eigenvalue weighted by Gasteiger charge is -2.45. The van der Waals surface area contributed by atoms with Crippen LogP contribution in [0.15, 0.2) is 59.5 Å². The number of nitrogens with one attached hydrogen (secondary N) is 2. The summed E-state index contributed by atoms with van der Waals surface area (Å²) in [7, 11) is 0. The lowest BCUT2D eigenvalue weighted by Crippen LogP contribution is -2.60. The van der Waals surface area contributed by atoms with E-state index in [0.717, 1.165) is 25.1 Å². The van der Waals surface area contributed by atoms with Crippen LogP contribution in [0.1, 0.15) is 28.8 Å². The second-order valence-corrected chi connectivity index (χ2v) is 8.34. The Hall–Kier alpha value is -3.65. The fourth-order valence-electron chi connectivity index (χ4n) is 4.39. The minimum atomic E-state index is -0.393.